The number of nitrogens with one attached hydrogen (secondary N) is 1. The van der Waals surface area contributed by atoms with Gasteiger partial charge in [0.15, 0.2) is 0 Å². The maximum atomic E-state index is 4.40. The minimum absolute atomic E-state index is 0.125. The van der Waals surface area contributed by atoms with Crippen molar-refractivity contribution in [2.45, 2.75) is 13.0 Å². The number of hydrogen-bond donors (Lipinski definition) is 1. The zero-order chi connectivity index (χ0) is 14.8. The molecule has 3 rings (SSSR count). The number of rotatable bonds is 3. The maximum absolute atomic E-state index is 4.40. The van der Waals surface area contributed by atoms with Gasteiger partial charge in [0, 0.05) is 22.3 Å². The van der Waals surface area contributed by atoms with E-state index in [2.05, 4.69) is 69.6 Å². The normalized spacial score (nSPS) is 12.5. The number of pyridine rings is 1. The van der Waals surface area contributed by atoms with Crippen LogP contribution >= 0.6 is 15.9 Å². The van der Waals surface area contributed by atoms with E-state index in [1.165, 1.54) is 27.5 Å². The second kappa shape index (κ2) is 5.96. The van der Waals surface area contributed by atoms with Gasteiger partial charge in [-0.05, 0) is 42.1 Å². The third kappa shape index (κ3) is 2.71. The molecule has 3 heteroatoms. The van der Waals surface area contributed by atoms with E-state index < -0.39 is 0 Å². The summed E-state index contributed by atoms with van der Waals surface area (Å²) in [5.74, 6) is 0. The molecule has 0 aliphatic heterocycles. The highest BCUT2D eigenvalue weighted by molar-refractivity contribution is 9.10. The number of halogens is 1. The zero-order valence-electron chi connectivity index (χ0n) is 12.1. The van der Waals surface area contributed by atoms with Crippen molar-refractivity contribution in [3.05, 3.63) is 76.0 Å². The van der Waals surface area contributed by atoms with E-state index in [4.69, 9.17) is 0 Å². The minimum Gasteiger partial charge on any atom is -0.309 e. The van der Waals surface area contributed by atoms with E-state index in [9.17, 15) is 0 Å². The first kappa shape index (κ1) is 14.2. The van der Waals surface area contributed by atoms with Crippen molar-refractivity contribution < 1.29 is 0 Å². The molecule has 0 spiro atoms. The van der Waals surface area contributed by atoms with Gasteiger partial charge in [-0.3, -0.25) is 4.98 Å². The highest BCUT2D eigenvalue weighted by Crippen LogP contribution is 2.30. The molecule has 2 nitrogen and oxygen atoms in total. The van der Waals surface area contributed by atoms with E-state index in [1.807, 2.05) is 25.5 Å². The van der Waals surface area contributed by atoms with Crippen LogP contribution in [0.5, 0.6) is 0 Å². The molecule has 1 N–H and O–H groups in total. The molecule has 1 aromatic heterocycles. The summed E-state index contributed by atoms with van der Waals surface area (Å²) in [5, 5.41) is 5.82. The fourth-order valence-electron chi connectivity index (χ4n) is 2.66. The number of nitrogens with zero attached hydrogens (tertiary/aromatic N) is 1. The summed E-state index contributed by atoms with van der Waals surface area (Å²) in [4.78, 5) is 4.40. The van der Waals surface area contributed by atoms with Gasteiger partial charge >= 0.3 is 0 Å². The summed E-state index contributed by atoms with van der Waals surface area (Å²) in [7, 11) is 1.99. The lowest BCUT2D eigenvalue weighted by Gasteiger charge is -2.19. The number of fused-ring (bicyclic) bond motifs is 1. The standard InChI is InChI=1S/C18H17BrN2/c1-12-7-8-13(9-17(12)19)18(20-2)16-11-21-10-14-5-3-4-6-15(14)16/h3-11,18,20H,1-2H3. The topological polar surface area (TPSA) is 24.9 Å². The van der Waals surface area contributed by atoms with Crippen LogP contribution in [0.25, 0.3) is 10.8 Å². The molecule has 0 fully saturated rings. The van der Waals surface area contributed by atoms with Crippen molar-refractivity contribution in [1.82, 2.24) is 10.3 Å². The summed E-state index contributed by atoms with van der Waals surface area (Å²) in [5.41, 5.74) is 3.67. The van der Waals surface area contributed by atoms with Crippen molar-refractivity contribution >= 4 is 26.7 Å². The van der Waals surface area contributed by atoms with Crippen LogP contribution in [0.3, 0.4) is 0 Å². The highest BCUT2D eigenvalue weighted by Gasteiger charge is 2.15. The van der Waals surface area contributed by atoms with Crippen LogP contribution in [-0.2, 0) is 0 Å². The van der Waals surface area contributed by atoms with Crippen molar-refractivity contribution in [3.63, 3.8) is 0 Å². The van der Waals surface area contributed by atoms with Crippen LogP contribution < -0.4 is 5.32 Å². The molecule has 21 heavy (non-hydrogen) atoms. The molecule has 1 heterocycles. The third-order valence-electron chi connectivity index (χ3n) is 3.83. The fourth-order valence-corrected chi connectivity index (χ4v) is 3.06. The average molecular weight is 341 g/mol. The van der Waals surface area contributed by atoms with E-state index in [1.54, 1.807) is 0 Å². The van der Waals surface area contributed by atoms with E-state index in [-0.39, 0.29) is 6.04 Å². The Balaban J connectivity index is 2.16. The summed E-state index contributed by atoms with van der Waals surface area (Å²) in [6.07, 6.45) is 3.87. The number of hydrogen-bond acceptors (Lipinski definition) is 2. The van der Waals surface area contributed by atoms with Crippen LogP contribution in [0.2, 0.25) is 0 Å². The molecule has 2 aromatic carbocycles. The Hall–Kier alpha value is -1.71. The first-order chi connectivity index (χ1) is 10.2. The molecule has 0 saturated heterocycles. The van der Waals surface area contributed by atoms with Gasteiger partial charge in [-0.1, -0.05) is 52.3 Å². The smallest absolute Gasteiger partial charge is 0.0596 e. The Morgan fingerprint density at radius 3 is 2.67 bits per heavy atom. The summed E-state index contributed by atoms with van der Waals surface area (Å²) < 4.78 is 1.13. The Morgan fingerprint density at radius 2 is 1.90 bits per heavy atom. The minimum atomic E-state index is 0.125. The first-order valence-corrected chi connectivity index (χ1v) is 7.76. The van der Waals surface area contributed by atoms with Crippen LogP contribution in [0.1, 0.15) is 22.7 Å². The predicted octanol–water partition coefficient (Wildman–Crippen LogP) is 4.61. The van der Waals surface area contributed by atoms with Crippen LogP contribution in [-0.4, -0.2) is 12.0 Å². The largest absolute Gasteiger partial charge is 0.309 e. The maximum Gasteiger partial charge on any atom is 0.0596 e. The van der Waals surface area contributed by atoms with E-state index >= 15 is 0 Å². The molecule has 0 saturated carbocycles. The molecular weight excluding hydrogens is 324 g/mol. The molecule has 0 radical (unpaired) electrons. The SMILES string of the molecule is CNC(c1ccc(C)c(Br)c1)c1cncc2ccccc12. The summed E-state index contributed by atoms with van der Waals surface area (Å²) >= 11 is 3.62. The number of aryl methyl sites for hydroxylation is 1. The van der Waals surface area contributed by atoms with Crippen molar-refractivity contribution in [1.29, 1.82) is 0 Å². The van der Waals surface area contributed by atoms with Crippen LogP contribution in [0.4, 0.5) is 0 Å². The quantitative estimate of drug-likeness (QED) is 0.752. The molecule has 0 amide bonds. The Bertz CT molecular complexity index is 778. The van der Waals surface area contributed by atoms with Crippen molar-refractivity contribution in [3.8, 4) is 0 Å². The van der Waals surface area contributed by atoms with Crippen LogP contribution in [0, 0.1) is 6.92 Å². The average Bonchev–Trinajstić information content (AvgIpc) is 2.52. The molecule has 0 bridgehead atoms. The second-order valence-electron chi connectivity index (χ2n) is 5.18. The lowest BCUT2D eigenvalue weighted by Crippen LogP contribution is -2.18. The van der Waals surface area contributed by atoms with Crippen molar-refractivity contribution in [2.75, 3.05) is 7.05 Å². The van der Waals surface area contributed by atoms with E-state index in [0.29, 0.717) is 0 Å². The Morgan fingerprint density at radius 1 is 1.10 bits per heavy atom. The Labute approximate surface area is 133 Å². The number of aromatic nitrogens is 1. The van der Waals surface area contributed by atoms with Gasteiger partial charge in [-0.15, -0.1) is 0 Å². The molecular formula is C18H17BrN2. The van der Waals surface area contributed by atoms with Gasteiger partial charge in [0.05, 0.1) is 6.04 Å². The van der Waals surface area contributed by atoms with Gasteiger partial charge in [0.1, 0.15) is 0 Å². The predicted molar refractivity (Wildman–Crippen MR) is 91.5 cm³/mol. The monoisotopic (exact) mass is 340 g/mol. The van der Waals surface area contributed by atoms with E-state index in [0.717, 1.165) is 4.47 Å². The molecule has 3 aromatic rings. The molecule has 1 unspecified atom stereocenters. The van der Waals surface area contributed by atoms with Gasteiger partial charge < -0.3 is 5.32 Å². The lowest BCUT2D eigenvalue weighted by molar-refractivity contribution is 0.693. The fraction of sp³-hybridized carbons (Fsp3) is 0.167. The lowest BCUT2D eigenvalue weighted by atomic mass is 9.95. The highest BCUT2D eigenvalue weighted by atomic mass is 79.9. The zero-order valence-corrected chi connectivity index (χ0v) is 13.7. The van der Waals surface area contributed by atoms with Gasteiger partial charge in [0.25, 0.3) is 0 Å². The van der Waals surface area contributed by atoms with Gasteiger partial charge in [-0.2, -0.15) is 0 Å². The molecule has 1 atom stereocenters. The molecule has 0 aliphatic rings. The third-order valence-corrected chi connectivity index (χ3v) is 4.68. The molecule has 0 aliphatic carbocycles. The van der Waals surface area contributed by atoms with Gasteiger partial charge in [0.2, 0.25) is 0 Å². The second-order valence-corrected chi connectivity index (χ2v) is 6.03. The van der Waals surface area contributed by atoms with Crippen LogP contribution in [0.15, 0.2) is 59.3 Å². The molecule has 106 valence electrons. The summed E-state index contributed by atoms with van der Waals surface area (Å²) in [6.45, 7) is 2.10. The Kier molecular flexibility index (Phi) is 4.04. The number of benzene rings is 2. The van der Waals surface area contributed by atoms with Crippen molar-refractivity contribution in [2.24, 2.45) is 0 Å². The van der Waals surface area contributed by atoms with Gasteiger partial charge in [-0.25, -0.2) is 0 Å². The first-order valence-electron chi connectivity index (χ1n) is 6.96. The summed E-state index contributed by atoms with van der Waals surface area (Å²) in [6, 6.07) is 15.0.